The number of halogens is 1. The quantitative estimate of drug-likeness (QED) is 0.881. The Morgan fingerprint density at radius 3 is 2.71 bits per heavy atom. The van der Waals surface area contributed by atoms with Gasteiger partial charge in [0, 0.05) is 16.8 Å². The van der Waals surface area contributed by atoms with Crippen molar-refractivity contribution in [1.82, 2.24) is 5.32 Å². The minimum atomic E-state index is -0.0748. The van der Waals surface area contributed by atoms with Gasteiger partial charge in [0.1, 0.15) is 0 Å². The van der Waals surface area contributed by atoms with Crippen molar-refractivity contribution in [2.45, 2.75) is 52.6 Å². The van der Waals surface area contributed by atoms with Crippen LogP contribution in [0.2, 0.25) is 4.34 Å². The fraction of sp³-hybridized carbons (Fsp3) is 0.688. The van der Waals surface area contributed by atoms with E-state index in [0.29, 0.717) is 5.92 Å². The molecule has 2 rings (SSSR count). The van der Waals surface area contributed by atoms with Crippen LogP contribution in [0.1, 0.15) is 51.5 Å². The molecule has 4 atom stereocenters. The Morgan fingerprint density at radius 1 is 1.48 bits per heavy atom. The zero-order valence-corrected chi connectivity index (χ0v) is 14.7. The molecule has 3 N–H and O–H groups in total. The molecule has 0 saturated heterocycles. The Morgan fingerprint density at radius 2 is 2.14 bits per heavy atom. The van der Waals surface area contributed by atoms with E-state index in [9.17, 15) is 4.79 Å². The minimum Gasteiger partial charge on any atom is -0.349 e. The van der Waals surface area contributed by atoms with Gasteiger partial charge in [0.25, 0.3) is 0 Å². The van der Waals surface area contributed by atoms with E-state index >= 15 is 0 Å². The molecule has 1 fully saturated rings. The minimum absolute atomic E-state index is 0.00305. The third-order valence-corrected chi connectivity index (χ3v) is 6.61. The van der Waals surface area contributed by atoms with Gasteiger partial charge in [0.2, 0.25) is 5.91 Å². The second kappa shape index (κ2) is 6.27. The van der Waals surface area contributed by atoms with E-state index in [4.69, 9.17) is 17.3 Å². The average Bonchev–Trinajstić information content (AvgIpc) is 2.82. The number of thiophene rings is 1. The van der Waals surface area contributed by atoms with Crippen molar-refractivity contribution in [3.8, 4) is 0 Å². The average molecular weight is 329 g/mol. The van der Waals surface area contributed by atoms with Crippen molar-refractivity contribution < 1.29 is 4.79 Å². The summed E-state index contributed by atoms with van der Waals surface area (Å²) in [4.78, 5) is 13.8. The zero-order chi connectivity index (χ0) is 15.8. The maximum Gasteiger partial charge on any atom is 0.224 e. The van der Waals surface area contributed by atoms with Gasteiger partial charge >= 0.3 is 0 Å². The van der Waals surface area contributed by atoms with Crippen LogP contribution in [0.3, 0.4) is 0 Å². The first-order chi connectivity index (χ1) is 9.73. The van der Waals surface area contributed by atoms with Crippen LogP contribution in [0, 0.1) is 17.3 Å². The van der Waals surface area contributed by atoms with E-state index in [1.807, 2.05) is 19.1 Å². The Hall–Kier alpha value is -0.580. The van der Waals surface area contributed by atoms with Gasteiger partial charge in [-0.05, 0) is 43.2 Å². The summed E-state index contributed by atoms with van der Waals surface area (Å²) in [5.74, 6) is 0.495. The van der Waals surface area contributed by atoms with Crippen molar-refractivity contribution >= 4 is 28.8 Å². The van der Waals surface area contributed by atoms with Crippen molar-refractivity contribution in [2.75, 3.05) is 0 Å². The monoisotopic (exact) mass is 328 g/mol. The first-order valence-corrected chi connectivity index (χ1v) is 8.74. The summed E-state index contributed by atoms with van der Waals surface area (Å²) in [7, 11) is 0. The molecular formula is C16H25ClN2OS. The molecule has 21 heavy (non-hydrogen) atoms. The van der Waals surface area contributed by atoms with Gasteiger partial charge in [0.15, 0.2) is 0 Å². The van der Waals surface area contributed by atoms with E-state index in [2.05, 4.69) is 26.1 Å². The van der Waals surface area contributed by atoms with Crippen LogP contribution < -0.4 is 11.1 Å². The second-order valence-corrected chi connectivity index (χ2v) is 8.52. The molecule has 0 aromatic carbocycles. The molecular weight excluding hydrogens is 304 g/mol. The molecule has 1 aliphatic carbocycles. The highest BCUT2D eigenvalue weighted by Crippen LogP contribution is 2.44. The Bertz CT molecular complexity index is 514. The summed E-state index contributed by atoms with van der Waals surface area (Å²) in [6, 6.07) is 4.03. The Labute approximate surface area is 136 Å². The van der Waals surface area contributed by atoms with Crippen molar-refractivity contribution in [2.24, 2.45) is 23.0 Å². The van der Waals surface area contributed by atoms with E-state index < -0.39 is 0 Å². The van der Waals surface area contributed by atoms with Crippen LogP contribution in [0.15, 0.2) is 12.1 Å². The van der Waals surface area contributed by atoms with Crippen molar-refractivity contribution in [3.63, 3.8) is 0 Å². The molecule has 1 aliphatic rings. The van der Waals surface area contributed by atoms with Crippen molar-refractivity contribution in [3.05, 3.63) is 21.3 Å². The highest BCUT2D eigenvalue weighted by molar-refractivity contribution is 7.16. The van der Waals surface area contributed by atoms with Crippen LogP contribution in [0.4, 0.5) is 0 Å². The predicted molar refractivity (Wildman–Crippen MR) is 89.5 cm³/mol. The molecule has 1 aromatic heterocycles. The molecule has 0 bridgehead atoms. The van der Waals surface area contributed by atoms with Crippen LogP contribution in [0.25, 0.3) is 0 Å². The van der Waals surface area contributed by atoms with Gasteiger partial charge in [-0.2, -0.15) is 0 Å². The van der Waals surface area contributed by atoms with Gasteiger partial charge in [-0.3, -0.25) is 4.79 Å². The third kappa shape index (κ3) is 3.43. The smallest absolute Gasteiger partial charge is 0.224 e. The number of hydrogen-bond acceptors (Lipinski definition) is 3. The van der Waals surface area contributed by atoms with Crippen LogP contribution in [-0.2, 0) is 4.79 Å². The lowest BCUT2D eigenvalue weighted by Gasteiger charge is -2.46. The van der Waals surface area contributed by atoms with Gasteiger partial charge in [-0.25, -0.2) is 0 Å². The summed E-state index contributed by atoms with van der Waals surface area (Å²) in [5, 5.41) is 3.14. The molecule has 0 aliphatic heterocycles. The first-order valence-electron chi connectivity index (χ1n) is 7.54. The molecule has 0 radical (unpaired) electrons. The first kappa shape index (κ1) is 16.8. The number of rotatable bonds is 3. The van der Waals surface area contributed by atoms with E-state index in [1.54, 1.807) is 0 Å². The topological polar surface area (TPSA) is 55.1 Å². The lowest BCUT2D eigenvalue weighted by Crippen LogP contribution is -2.51. The van der Waals surface area contributed by atoms with Gasteiger partial charge in [0.05, 0.1) is 10.4 Å². The molecule has 118 valence electrons. The number of nitrogens with one attached hydrogen (secondary N) is 1. The molecule has 1 aromatic rings. The van der Waals surface area contributed by atoms with Crippen molar-refractivity contribution in [1.29, 1.82) is 0 Å². The fourth-order valence-electron chi connectivity index (χ4n) is 3.27. The normalized spacial score (nSPS) is 29.9. The lowest BCUT2D eigenvalue weighted by molar-refractivity contribution is -0.133. The zero-order valence-electron chi connectivity index (χ0n) is 13.2. The summed E-state index contributed by atoms with van der Waals surface area (Å²) in [6.45, 7) is 8.48. The summed E-state index contributed by atoms with van der Waals surface area (Å²) in [6.07, 6.45) is 1.78. The maximum atomic E-state index is 12.7. The van der Waals surface area contributed by atoms with Crippen LogP contribution >= 0.6 is 22.9 Å². The summed E-state index contributed by atoms with van der Waals surface area (Å²) >= 11 is 7.48. The maximum absolute atomic E-state index is 12.7. The molecule has 1 heterocycles. The van der Waals surface area contributed by atoms with E-state index in [0.717, 1.165) is 22.1 Å². The van der Waals surface area contributed by atoms with Crippen LogP contribution in [0.5, 0.6) is 0 Å². The molecule has 1 saturated carbocycles. The highest BCUT2D eigenvalue weighted by Gasteiger charge is 2.45. The number of nitrogens with two attached hydrogens (primary N) is 1. The molecule has 3 nitrogen and oxygen atoms in total. The molecule has 4 unspecified atom stereocenters. The number of amides is 1. The number of carbonyl (C=O) groups is 1. The summed E-state index contributed by atoms with van der Waals surface area (Å²) < 4.78 is 0.753. The Balaban J connectivity index is 2.06. The molecule has 5 heteroatoms. The number of hydrogen-bond donors (Lipinski definition) is 2. The Kier molecular flexibility index (Phi) is 5.01. The third-order valence-electron chi connectivity index (χ3n) is 5.20. The van der Waals surface area contributed by atoms with Crippen LogP contribution in [-0.4, -0.2) is 11.9 Å². The van der Waals surface area contributed by atoms with Gasteiger partial charge in [-0.1, -0.05) is 32.4 Å². The number of carbonyl (C=O) groups excluding carboxylic acids is 1. The lowest BCUT2D eigenvalue weighted by atomic mass is 9.61. The predicted octanol–water partition coefficient (Wildman–Crippen LogP) is 3.98. The van der Waals surface area contributed by atoms with E-state index in [1.165, 1.54) is 11.3 Å². The van der Waals surface area contributed by atoms with Gasteiger partial charge in [-0.15, -0.1) is 11.3 Å². The molecule has 1 amide bonds. The van der Waals surface area contributed by atoms with Gasteiger partial charge < -0.3 is 11.1 Å². The fourth-order valence-corrected chi connectivity index (χ4v) is 4.33. The summed E-state index contributed by atoms with van der Waals surface area (Å²) in [5.41, 5.74) is 6.09. The SMILES string of the molecule is CC(NC(=O)C1CCC(N)C(C)C1(C)C)c1ccc(Cl)s1. The van der Waals surface area contributed by atoms with E-state index in [-0.39, 0.29) is 29.3 Å². The standard InChI is InChI=1S/C16H25ClN2OS/c1-9-12(18)6-5-11(16(9,3)4)15(20)19-10(2)13-7-8-14(17)21-13/h7-12H,5-6,18H2,1-4H3,(H,19,20). The highest BCUT2D eigenvalue weighted by atomic mass is 35.5. The largest absolute Gasteiger partial charge is 0.349 e. The molecule has 0 spiro atoms. The second-order valence-electron chi connectivity index (χ2n) is 6.78.